The summed E-state index contributed by atoms with van der Waals surface area (Å²) in [5.74, 6) is 1.50. The minimum atomic E-state index is -0.464. The SMILES string of the molecule is CNc1cc(Nc2ccc(N3CCN(C(=O)OC(C)(C)C)CC3)cc2)ncn1. The van der Waals surface area contributed by atoms with Gasteiger partial charge >= 0.3 is 6.09 Å². The first-order chi connectivity index (χ1) is 13.3. The Morgan fingerprint density at radius 3 is 2.29 bits per heavy atom. The third kappa shape index (κ3) is 5.25. The van der Waals surface area contributed by atoms with Crippen molar-refractivity contribution in [1.82, 2.24) is 14.9 Å². The Hall–Kier alpha value is -3.03. The molecule has 0 atom stereocenters. The molecule has 8 heteroatoms. The number of carbonyl (C=O) groups is 1. The summed E-state index contributed by atoms with van der Waals surface area (Å²) in [4.78, 5) is 24.6. The van der Waals surface area contributed by atoms with Crippen LogP contribution >= 0.6 is 0 Å². The van der Waals surface area contributed by atoms with Crippen LogP contribution in [0.5, 0.6) is 0 Å². The number of nitrogens with one attached hydrogen (secondary N) is 2. The monoisotopic (exact) mass is 384 g/mol. The second-order valence-corrected chi connectivity index (χ2v) is 7.66. The fourth-order valence-corrected chi connectivity index (χ4v) is 2.94. The molecular formula is C20H28N6O2. The maximum absolute atomic E-state index is 12.2. The molecule has 28 heavy (non-hydrogen) atoms. The highest BCUT2D eigenvalue weighted by molar-refractivity contribution is 5.69. The molecule has 1 aliphatic rings. The van der Waals surface area contributed by atoms with Gasteiger partial charge in [-0.05, 0) is 45.0 Å². The Bertz CT molecular complexity index is 795. The molecule has 0 spiro atoms. The fourth-order valence-electron chi connectivity index (χ4n) is 2.94. The third-order valence-corrected chi connectivity index (χ3v) is 4.36. The summed E-state index contributed by atoms with van der Waals surface area (Å²) in [6.45, 7) is 8.53. The van der Waals surface area contributed by atoms with Gasteiger partial charge in [-0.15, -0.1) is 0 Å². The Labute approximate surface area is 165 Å². The van der Waals surface area contributed by atoms with E-state index in [1.165, 1.54) is 6.33 Å². The molecule has 0 bridgehead atoms. The molecule has 2 aromatic rings. The third-order valence-electron chi connectivity index (χ3n) is 4.36. The van der Waals surface area contributed by atoms with Crippen LogP contribution in [0.4, 0.5) is 27.8 Å². The van der Waals surface area contributed by atoms with Crippen molar-refractivity contribution in [2.45, 2.75) is 26.4 Å². The molecular weight excluding hydrogens is 356 g/mol. The van der Waals surface area contributed by atoms with Crippen LogP contribution in [-0.4, -0.2) is 59.8 Å². The van der Waals surface area contributed by atoms with Gasteiger partial charge in [-0.2, -0.15) is 0 Å². The minimum Gasteiger partial charge on any atom is -0.444 e. The average molecular weight is 384 g/mol. The predicted octanol–water partition coefficient (Wildman–Crippen LogP) is 3.32. The Morgan fingerprint density at radius 1 is 1.04 bits per heavy atom. The van der Waals surface area contributed by atoms with Crippen molar-refractivity contribution < 1.29 is 9.53 Å². The van der Waals surface area contributed by atoms with E-state index in [4.69, 9.17) is 4.74 Å². The number of benzene rings is 1. The molecule has 1 amide bonds. The highest BCUT2D eigenvalue weighted by atomic mass is 16.6. The van der Waals surface area contributed by atoms with E-state index in [1.54, 1.807) is 4.90 Å². The van der Waals surface area contributed by atoms with Crippen LogP contribution in [0.15, 0.2) is 36.7 Å². The van der Waals surface area contributed by atoms with Crippen LogP contribution in [0.2, 0.25) is 0 Å². The van der Waals surface area contributed by atoms with Gasteiger partial charge in [-0.25, -0.2) is 14.8 Å². The van der Waals surface area contributed by atoms with E-state index in [9.17, 15) is 4.79 Å². The van der Waals surface area contributed by atoms with Crippen LogP contribution in [0.1, 0.15) is 20.8 Å². The van der Waals surface area contributed by atoms with E-state index in [-0.39, 0.29) is 6.09 Å². The zero-order valence-corrected chi connectivity index (χ0v) is 16.9. The van der Waals surface area contributed by atoms with Crippen molar-refractivity contribution in [1.29, 1.82) is 0 Å². The first-order valence-corrected chi connectivity index (χ1v) is 9.44. The number of amides is 1. The Morgan fingerprint density at radius 2 is 1.68 bits per heavy atom. The molecule has 0 saturated carbocycles. The van der Waals surface area contributed by atoms with E-state index in [2.05, 4.69) is 37.6 Å². The second-order valence-electron chi connectivity index (χ2n) is 7.66. The van der Waals surface area contributed by atoms with Gasteiger partial charge in [0.2, 0.25) is 0 Å². The summed E-state index contributed by atoms with van der Waals surface area (Å²) in [7, 11) is 1.82. The minimum absolute atomic E-state index is 0.238. The van der Waals surface area contributed by atoms with Gasteiger partial charge in [0.05, 0.1) is 0 Å². The number of anilines is 4. The number of nitrogens with zero attached hydrogens (tertiary/aromatic N) is 4. The Balaban J connectivity index is 1.55. The van der Waals surface area contributed by atoms with Gasteiger partial charge < -0.3 is 25.2 Å². The second kappa shape index (κ2) is 8.33. The number of piperazine rings is 1. The molecule has 0 radical (unpaired) electrons. The van der Waals surface area contributed by atoms with Gasteiger partial charge in [-0.1, -0.05) is 0 Å². The molecule has 1 aromatic carbocycles. The summed E-state index contributed by atoms with van der Waals surface area (Å²) in [6, 6.07) is 10.1. The molecule has 0 aliphatic carbocycles. The van der Waals surface area contributed by atoms with E-state index < -0.39 is 5.60 Å². The van der Waals surface area contributed by atoms with Gasteiger partial charge in [0.25, 0.3) is 0 Å². The number of rotatable bonds is 4. The summed E-state index contributed by atoms with van der Waals surface area (Å²) in [5.41, 5.74) is 1.62. The summed E-state index contributed by atoms with van der Waals surface area (Å²) >= 11 is 0. The fraction of sp³-hybridized carbons (Fsp3) is 0.450. The van der Waals surface area contributed by atoms with E-state index in [0.717, 1.165) is 36.1 Å². The van der Waals surface area contributed by atoms with Crippen molar-refractivity contribution in [3.63, 3.8) is 0 Å². The van der Waals surface area contributed by atoms with E-state index in [1.807, 2.05) is 46.0 Å². The maximum Gasteiger partial charge on any atom is 0.410 e. The normalized spacial score (nSPS) is 14.6. The highest BCUT2D eigenvalue weighted by Crippen LogP contribution is 2.22. The topological polar surface area (TPSA) is 82.6 Å². The lowest BCUT2D eigenvalue weighted by molar-refractivity contribution is 0.0240. The van der Waals surface area contributed by atoms with Gasteiger partial charge in [0.15, 0.2) is 0 Å². The van der Waals surface area contributed by atoms with Crippen molar-refractivity contribution in [3.8, 4) is 0 Å². The number of carbonyl (C=O) groups excluding carboxylic acids is 1. The lowest BCUT2D eigenvalue weighted by Gasteiger charge is -2.36. The van der Waals surface area contributed by atoms with Crippen molar-refractivity contribution in [2.75, 3.05) is 48.8 Å². The smallest absolute Gasteiger partial charge is 0.410 e. The van der Waals surface area contributed by atoms with Crippen LogP contribution in [0.25, 0.3) is 0 Å². The molecule has 2 heterocycles. The van der Waals surface area contributed by atoms with Crippen molar-refractivity contribution in [3.05, 3.63) is 36.7 Å². The molecule has 3 rings (SSSR count). The molecule has 1 saturated heterocycles. The number of hydrogen-bond acceptors (Lipinski definition) is 7. The summed E-state index contributed by atoms with van der Waals surface area (Å²) in [6.07, 6.45) is 1.28. The molecule has 8 nitrogen and oxygen atoms in total. The quantitative estimate of drug-likeness (QED) is 0.837. The molecule has 1 fully saturated rings. The van der Waals surface area contributed by atoms with E-state index in [0.29, 0.717) is 13.1 Å². The largest absolute Gasteiger partial charge is 0.444 e. The first-order valence-electron chi connectivity index (χ1n) is 9.44. The molecule has 150 valence electrons. The van der Waals surface area contributed by atoms with Gasteiger partial charge in [0.1, 0.15) is 23.6 Å². The van der Waals surface area contributed by atoms with Gasteiger partial charge in [-0.3, -0.25) is 0 Å². The average Bonchev–Trinajstić information content (AvgIpc) is 2.67. The summed E-state index contributed by atoms with van der Waals surface area (Å²) in [5, 5.41) is 6.27. The number of hydrogen-bond donors (Lipinski definition) is 2. The van der Waals surface area contributed by atoms with Crippen LogP contribution in [0.3, 0.4) is 0 Å². The lowest BCUT2D eigenvalue weighted by atomic mass is 10.2. The van der Waals surface area contributed by atoms with Crippen LogP contribution in [-0.2, 0) is 4.74 Å². The van der Waals surface area contributed by atoms with E-state index >= 15 is 0 Å². The summed E-state index contributed by atoms with van der Waals surface area (Å²) < 4.78 is 5.45. The molecule has 2 N–H and O–H groups in total. The highest BCUT2D eigenvalue weighted by Gasteiger charge is 2.25. The maximum atomic E-state index is 12.2. The lowest BCUT2D eigenvalue weighted by Crippen LogP contribution is -2.50. The first kappa shape index (κ1) is 19.7. The molecule has 0 unspecified atom stereocenters. The van der Waals surface area contributed by atoms with Gasteiger partial charge in [0, 0.05) is 50.7 Å². The Kier molecular flexibility index (Phi) is 5.87. The molecule has 1 aromatic heterocycles. The number of aromatic nitrogens is 2. The van der Waals surface area contributed by atoms with Crippen molar-refractivity contribution in [2.24, 2.45) is 0 Å². The van der Waals surface area contributed by atoms with Crippen molar-refractivity contribution >= 4 is 29.1 Å². The zero-order chi connectivity index (χ0) is 20.1. The zero-order valence-electron chi connectivity index (χ0n) is 16.9. The number of ether oxygens (including phenoxy) is 1. The van der Waals surface area contributed by atoms with Crippen LogP contribution in [0, 0.1) is 0 Å². The van der Waals surface area contributed by atoms with Crippen LogP contribution < -0.4 is 15.5 Å². The standard InChI is InChI=1S/C20H28N6O2/c1-20(2,3)28-19(27)26-11-9-25(10-12-26)16-7-5-15(6-8-16)24-18-13-17(21-4)22-14-23-18/h5-8,13-14H,9-12H2,1-4H3,(H2,21,22,23,24). The molecule has 1 aliphatic heterocycles. The predicted molar refractivity (Wildman–Crippen MR) is 111 cm³/mol.